The van der Waals surface area contributed by atoms with Gasteiger partial charge in [-0.3, -0.25) is 4.55 Å². The topological polar surface area (TPSA) is 63.6 Å². The molecule has 0 aliphatic rings. The Labute approximate surface area is 132 Å². The Balaban J connectivity index is 0.000000204. The van der Waals surface area contributed by atoms with E-state index in [2.05, 4.69) is 22.6 Å². The molecule has 0 saturated carbocycles. The Morgan fingerprint density at radius 2 is 1.50 bits per heavy atom. The summed E-state index contributed by atoms with van der Waals surface area (Å²) >= 11 is 2.26. The van der Waals surface area contributed by atoms with Crippen molar-refractivity contribution in [2.24, 2.45) is 0 Å². The lowest BCUT2D eigenvalue weighted by Gasteiger charge is -1.96. The van der Waals surface area contributed by atoms with Crippen LogP contribution in [-0.4, -0.2) is 20.1 Å². The molecule has 4 nitrogen and oxygen atoms in total. The van der Waals surface area contributed by atoms with Gasteiger partial charge in [-0.25, -0.2) is 0 Å². The molecule has 0 atom stereocenters. The third-order valence-electron chi connectivity index (χ3n) is 2.37. The van der Waals surface area contributed by atoms with Crippen molar-refractivity contribution in [1.29, 1.82) is 0 Å². The van der Waals surface area contributed by atoms with E-state index < -0.39 is 10.1 Å². The van der Waals surface area contributed by atoms with Gasteiger partial charge in [-0.05, 0) is 65.9 Å². The van der Waals surface area contributed by atoms with E-state index in [1.54, 1.807) is 19.2 Å². The smallest absolute Gasteiger partial charge is 0.294 e. The Morgan fingerprint density at radius 3 is 1.90 bits per heavy atom. The molecule has 0 aliphatic heterocycles. The van der Waals surface area contributed by atoms with E-state index in [9.17, 15) is 8.42 Å². The van der Waals surface area contributed by atoms with Crippen molar-refractivity contribution in [2.75, 3.05) is 7.11 Å². The van der Waals surface area contributed by atoms with Crippen LogP contribution in [0, 0.1) is 10.5 Å². The largest absolute Gasteiger partial charge is 0.497 e. The number of aryl methyl sites for hydroxylation is 1. The molecule has 0 bridgehead atoms. The maximum Gasteiger partial charge on any atom is 0.294 e. The number of hydrogen-bond acceptors (Lipinski definition) is 3. The van der Waals surface area contributed by atoms with Crippen LogP contribution in [0.25, 0.3) is 0 Å². The summed E-state index contributed by atoms with van der Waals surface area (Å²) in [5.74, 6) is 0.912. The second-order valence-electron chi connectivity index (χ2n) is 3.95. The first-order chi connectivity index (χ1) is 9.32. The molecule has 6 heteroatoms. The SMILES string of the molecule is COc1ccc(I)cc1.Cc1ccc(S(=O)(=O)O)cc1. The lowest BCUT2D eigenvalue weighted by atomic mass is 10.2. The number of halogens is 1. The van der Waals surface area contributed by atoms with Crippen molar-refractivity contribution in [3.8, 4) is 5.75 Å². The first kappa shape index (κ1) is 16.9. The Bertz CT molecular complexity index is 634. The quantitative estimate of drug-likeness (QED) is 0.612. The number of ether oxygens (including phenoxy) is 1. The lowest BCUT2D eigenvalue weighted by Crippen LogP contribution is -1.96. The van der Waals surface area contributed by atoms with Crippen LogP contribution >= 0.6 is 22.6 Å². The van der Waals surface area contributed by atoms with E-state index in [-0.39, 0.29) is 4.90 Å². The zero-order valence-corrected chi connectivity index (χ0v) is 14.1. The molecular weight excluding hydrogens is 391 g/mol. The van der Waals surface area contributed by atoms with Crippen LogP contribution in [0.15, 0.2) is 53.4 Å². The third-order valence-corrected chi connectivity index (χ3v) is 3.96. The summed E-state index contributed by atoms with van der Waals surface area (Å²) in [4.78, 5) is -0.0666. The van der Waals surface area contributed by atoms with Crippen LogP contribution in [0.3, 0.4) is 0 Å². The predicted molar refractivity (Wildman–Crippen MR) is 86.7 cm³/mol. The number of hydrogen-bond donors (Lipinski definition) is 1. The molecule has 0 heterocycles. The molecule has 20 heavy (non-hydrogen) atoms. The Kier molecular flexibility index (Phi) is 6.44. The summed E-state index contributed by atoms with van der Waals surface area (Å²) in [6, 6.07) is 13.9. The molecule has 0 aliphatic carbocycles. The lowest BCUT2D eigenvalue weighted by molar-refractivity contribution is 0.414. The first-order valence-electron chi connectivity index (χ1n) is 5.66. The van der Waals surface area contributed by atoms with Crippen molar-refractivity contribution < 1.29 is 17.7 Å². The Morgan fingerprint density at radius 1 is 1.00 bits per heavy atom. The zero-order chi connectivity index (χ0) is 15.2. The fraction of sp³-hybridized carbons (Fsp3) is 0.143. The highest BCUT2D eigenvalue weighted by molar-refractivity contribution is 14.1. The van der Waals surface area contributed by atoms with Gasteiger partial charge >= 0.3 is 0 Å². The van der Waals surface area contributed by atoms with Gasteiger partial charge in [0, 0.05) is 3.57 Å². The minimum Gasteiger partial charge on any atom is -0.497 e. The van der Waals surface area contributed by atoms with Crippen molar-refractivity contribution >= 4 is 32.7 Å². The zero-order valence-electron chi connectivity index (χ0n) is 11.1. The van der Waals surface area contributed by atoms with Crippen LogP contribution in [0.4, 0.5) is 0 Å². The summed E-state index contributed by atoms with van der Waals surface area (Å²) in [7, 11) is -2.35. The maximum atomic E-state index is 10.5. The highest BCUT2D eigenvalue weighted by Gasteiger charge is 2.06. The van der Waals surface area contributed by atoms with Gasteiger partial charge in [0.1, 0.15) is 5.75 Å². The van der Waals surface area contributed by atoms with E-state index in [0.717, 1.165) is 11.3 Å². The van der Waals surface area contributed by atoms with Crippen LogP contribution in [0.1, 0.15) is 5.56 Å². The van der Waals surface area contributed by atoms with Crippen molar-refractivity contribution in [2.45, 2.75) is 11.8 Å². The van der Waals surface area contributed by atoms with Crippen molar-refractivity contribution in [3.63, 3.8) is 0 Å². The minimum absolute atomic E-state index is 0.0666. The summed E-state index contributed by atoms with van der Waals surface area (Å²) < 4.78 is 35.7. The third kappa shape index (κ3) is 5.89. The van der Waals surface area contributed by atoms with Gasteiger partial charge < -0.3 is 4.74 Å². The van der Waals surface area contributed by atoms with Gasteiger partial charge in [0.2, 0.25) is 0 Å². The molecule has 0 unspecified atom stereocenters. The molecule has 2 rings (SSSR count). The maximum absolute atomic E-state index is 10.5. The summed E-state index contributed by atoms with van der Waals surface area (Å²) in [5.41, 5.74) is 0.956. The van der Waals surface area contributed by atoms with E-state index in [0.29, 0.717) is 0 Å². The van der Waals surface area contributed by atoms with Gasteiger partial charge in [-0.1, -0.05) is 17.7 Å². The second-order valence-corrected chi connectivity index (χ2v) is 6.61. The predicted octanol–water partition coefficient (Wildman–Crippen LogP) is 3.54. The molecular formula is C14H15IO4S. The average Bonchev–Trinajstić information content (AvgIpc) is 2.40. The van der Waals surface area contributed by atoms with Gasteiger partial charge in [-0.15, -0.1) is 0 Å². The van der Waals surface area contributed by atoms with E-state index in [1.165, 1.54) is 15.7 Å². The van der Waals surface area contributed by atoms with Crippen LogP contribution in [-0.2, 0) is 10.1 Å². The number of rotatable bonds is 2. The molecule has 0 aromatic heterocycles. The van der Waals surface area contributed by atoms with E-state index in [4.69, 9.17) is 9.29 Å². The Hall–Kier alpha value is -1.12. The highest BCUT2D eigenvalue weighted by Crippen LogP contribution is 2.12. The normalized spacial score (nSPS) is 10.4. The minimum atomic E-state index is -4.02. The molecule has 2 aromatic carbocycles. The molecule has 1 N–H and O–H groups in total. The molecule has 0 amide bonds. The molecule has 0 spiro atoms. The number of methoxy groups -OCH3 is 1. The highest BCUT2D eigenvalue weighted by atomic mass is 127. The summed E-state index contributed by atoms with van der Waals surface area (Å²) in [6.07, 6.45) is 0. The van der Waals surface area contributed by atoms with Crippen LogP contribution in [0.2, 0.25) is 0 Å². The average molecular weight is 406 g/mol. The first-order valence-corrected chi connectivity index (χ1v) is 8.18. The number of benzene rings is 2. The van der Waals surface area contributed by atoms with Crippen LogP contribution in [0.5, 0.6) is 5.75 Å². The summed E-state index contributed by atoms with van der Waals surface area (Å²) in [5, 5.41) is 0. The molecule has 2 aromatic rings. The molecule has 108 valence electrons. The van der Waals surface area contributed by atoms with Crippen molar-refractivity contribution in [3.05, 3.63) is 57.7 Å². The fourth-order valence-corrected chi connectivity index (χ4v) is 2.12. The monoisotopic (exact) mass is 406 g/mol. The van der Waals surface area contributed by atoms with Gasteiger partial charge in [-0.2, -0.15) is 8.42 Å². The van der Waals surface area contributed by atoms with Crippen molar-refractivity contribution in [1.82, 2.24) is 0 Å². The van der Waals surface area contributed by atoms with Gasteiger partial charge in [0.25, 0.3) is 10.1 Å². The molecule has 0 fully saturated rings. The van der Waals surface area contributed by atoms with Gasteiger partial charge in [0.15, 0.2) is 0 Å². The van der Waals surface area contributed by atoms with E-state index >= 15 is 0 Å². The fourth-order valence-electron chi connectivity index (χ4n) is 1.28. The van der Waals surface area contributed by atoms with Crippen LogP contribution < -0.4 is 4.74 Å². The summed E-state index contributed by atoms with van der Waals surface area (Å²) in [6.45, 7) is 1.84. The van der Waals surface area contributed by atoms with E-state index in [1.807, 2.05) is 31.2 Å². The standard InChI is InChI=1S/C7H7IO.C7H8O3S/c1-9-7-4-2-6(8)3-5-7;1-6-2-4-7(5-3-6)11(8,9)10/h2-5H,1H3;2-5H,1H3,(H,8,9,10). The second kappa shape index (κ2) is 7.61. The molecule has 0 radical (unpaired) electrons. The van der Waals surface area contributed by atoms with Gasteiger partial charge in [0.05, 0.1) is 12.0 Å². The molecule has 0 saturated heterocycles.